The number of nitrogens with one attached hydrogen (secondary N) is 1. The van der Waals surface area contributed by atoms with E-state index >= 15 is 0 Å². The molecule has 114 valence electrons. The summed E-state index contributed by atoms with van der Waals surface area (Å²) in [6, 6.07) is 5.12. The molecule has 8 nitrogen and oxygen atoms in total. The van der Waals surface area contributed by atoms with Gasteiger partial charge in [-0.2, -0.15) is 0 Å². The lowest BCUT2D eigenvalue weighted by Crippen LogP contribution is -2.12. The third-order valence-corrected chi connectivity index (χ3v) is 2.82. The number of carbonyl (C=O) groups excluding carboxylic acids is 1. The molecule has 0 bridgehead atoms. The fourth-order valence-electron chi connectivity index (χ4n) is 1.70. The first-order valence-electron chi connectivity index (χ1n) is 5.92. The van der Waals surface area contributed by atoms with E-state index in [2.05, 4.69) is 5.32 Å². The second-order valence-electron chi connectivity index (χ2n) is 4.35. The van der Waals surface area contributed by atoms with Crippen LogP contribution in [0.1, 0.15) is 20.7 Å². The first-order valence-corrected chi connectivity index (χ1v) is 5.92. The average molecular weight is 305 g/mol. The van der Waals surface area contributed by atoms with Crippen molar-refractivity contribution in [1.82, 2.24) is 0 Å². The molecule has 2 aromatic carbocycles. The van der Waals surface area contributed by atoms with Crippen LogP contribution in [0.3, 0.4) is 0 Å². The van der Waals surface area contributed by atoms with Gasteiger partial charge in [-0.1, -0.05) is 0 Å². The molecular formula is C14H11NO7. The van der Waals surface area contributed by atoms with Crippen molar-refractivity contribution in [2.24, 2.45) is 0 Å². The van der Waals surface area contributed by atoms with Crippen molar-refractivity contribution in [1.29, 1.82) is 0 Å². The molecule has 0 aromatic heterocycles. The molecular weight excluding hydrogens is 294 g/mol. The lowest BCUT2D eigenvalue weighted by molar-refractivity contribution is 0.0696. The zero-order valence-corrected chi connectivity index (χ0v) is 10.9. The molecule has 0 saturated carbocycles. The molecule has 0 aliphatic carbocycles. The van der Waals surface area contributed by atoms with Crippen molar-refractivity contribution in [2.75, 3.05) is 5.32 Å². The van der Waals surface area contributed by atoms with Crippen molar-refractivity contribution in [3.8, 4) is 23.0 Å². The van der Waals surface area contributed by atoms with Crippen LogP contribution in [0, 0.1) is 0 Å². The largest absolute Gasteiger partial charge is 0.506 e. The Morgan fingerprint density at radius 1 is 0.818 bits per heavy atom. The highest BCUT2D eigenvalue weighted by molar-refractivity contribution is 6.06. The molecule has 0 aliphatic rings. The summed E-state index contributed by atoms with van der Waals surface area (Å²) in [5.74, 6) is -4.60. The fraction of sp³-hybridized carbons (Fsp3) is 0. The lowest BCUT2D eigenvalue weighted by atomic mass is 10.1. The van der Waals surface area contributed by atoms with Crippen LogP contribution in [0.4, 0.5) is 5.69 Å². The van der Waals surface area contributed by atoms with Gasteiger partial charge in [-0.05, 0) is 30.3 Å². The van der Waals surface area contributed by atoms with Gasteiger partial charge in [0.1, 0.15) is 5.75 Å². The van der Waals surface area contributed by atoms with Gasteiger partial charge in [0, 0.05) is 5.56 Å². The monoisotopic (exact) mass is 305 g/mol. The van der Waals surface area contributed by atoms with Gasteiger partial charge in [-0.25, -0.2) is 4.79 Å². The SMILES string of the molecule is O=C(O)c1ccc(O)c(NC(=O)c2cc(O)c(O)c(O)c2)c1. The number of benzene rings is 2. The number of rotatable bonds is 3. The first-order chi connectivity index (χ1) is 10.3. The van der Waals surface area contributed by atoms with Crippen molar-refractivity contribution in [3.05, 3.63) is 41.5 Å². The molecule has 22 heavy (non-hydrogen) atoms. The number of aromatic hydroxyl groups is 4. The molecule has 0 heterocycles. The third-order valence-electron chi connectivity index (χ3n) is 2.82. The maximum Gasteiger partial charge on any atom is 0.335 e. The number of anilines is 1. The summed E-state index contributed by atoms with van der Waals surface area (Å²) < 4.78 is 0. The molecule has 2 rings (SSSR count). The molecule has 0 radical (unpaired) electrons. The van der Waals surface area contributed by atoms with E-state index in [1.54, 1.807) is 0 Å². The van der Waals surface area contributed by atoms with Gasteiger partial charge >= 0.3 is 5.97 Å². The topological polar surface area (TPSA) is 147 Å². The summed E-state index contributed by atoms with van der Waals surface area (Å²) >= 11 is 0. The summed E-state index contributed by atoms with van der Waals surface area (Å²) in [5.41, 5.74) is -0.505. The van der Waals surface area contributed by atoms with E-state index in [9.17, 15) is 30.0 Å². The van der Waals surface area contributed by atoms with Gasteiger partial charge in [0.2, 0.25) is 0 Å². The summed E-state index contributed by atoms with van der Waals surface area (Å²) in [6.45, 7) is 0. The Bertz CT molecular complexity index is 747. The average Bonchev–Trinajstić information content (AvgIpc) is 2.46. The number of phenolic OH excluding ortho intramolecular Hbond substituents is 4. The quantitative estimate of drug-likeness (QED) is 0.470. The zero-order valence-electron chi connectivity index (χ0n) is 10.9. The number of carboxylic acids is 1. The molecule has 0 aliphatic heterocycles. The Hall–Kier alpha value is -3.42. The van der Waals surface area contributed by atoms with E-state index < -0.39 is 29.1 Å². The molecule has 6 N–H and O–H groups in total. The van der Waals surface area contributed by atoms with Gasteiger partial charge < -0.3 is 30.8 Å². The predicted octanol–water partition coefficient (Wildman–Crippen LogP) is 1.46. The predicted molar refractivity (Wildman–Crippen MR) is 74.5 cm³/mol. The summed E-state index contributed by atoms with van der Waals surface area (Å²) in [6.07, 6.45) is 0. The number of hydrogen-bond donors (Lipinski definition) is 6. The van der Waals surface area contributed by atoms with Crippen molar-refractivity contribution >= 4 is 17.6 Å². The molecule has 2 aromatic rings. The Kier molecular flexibility index (Phi) is 3.76. The van der Waals surface area contributed by atoms with Gasteiger partial charge in [0.15, 0.2) is 17.2 Å². The number of aromatic carboxylic acids is 1. The summed E-state index contributed by atoms with van der Waals surface area (Å²) in [4.78, 5) is 22.8. The highest BCUT2D eigenvalue weighted by atomic mass is 16.4. The minimum atomic E-state index is -1.24. The van der Waals surface area contributed by atoms with E-state index in [4.69, 9.17) is 5.11 Å². The highest BCUT2D eigenvalue weighted by Crippen LogP contribution is 2.35. The fourth-order valence-corrected chi connectivity index (χ4v) is 1.70. The van der Waals surface area contributed by atoms with E-state index in [1.165, 1.54) is 0 Å². The summed E-state index contributed by atoms with van der Waals surface area (Å²) in [5, 5.41) is 48.6. The maximum absolute atomic E-state index is 12.0. The van der Waals surface area contributed by atoms with Gasteiger partial charge in [0.05, 0.1) is 11.3 Å². The van der Waals surface area contributed by atoms with Crippen LogP contribution in [-0.2, 0) is 0 Å². The van der Waals surface area contributed by atoms with Gasteiger partial charge in [0.25, 0.3) is 5.91 Å². The van der Waals surface area contributed by atoms with E-state index in [1.807, 2.05) is 0 Å². The van der Waals surface area contributed by atoms with E-state index in [0.717, 1.165) is 30.3 Å². The van der Waals surface area contributed by atoms with E-state index in [-0.39, 0.29) is 22.6 Å². The standard InChI is InChI=1S/C14H11NO7/c16-9-2-1-6(14(21)22)3-8(9)15-13(20)7-4-10(17)12(19)11(18)5-7/h1-5,16-19H,(H,15,20)(H,21,22). The normalized spacial score (nSPS) is 10.2. The summed E-state index contributed by atoms with van der Waals surface area (Å²) in [7, 11) is 0. The number of hydrogen-bond acceptors (Lipinski definition) is 6. The highest BCUT2D eigenvalue weighted by Gasteiger charge is 2.16. The Morgan fingerprint density at radius 3 is 1.95 bits per heavy atom. The first kappa shape index (κ1) is 15.0. The molecule has 0 unspecified atom stereocenters. The maximum atomic E-state index is 12.0. The molecule has 8 heteroatoms. The van der Waals surface area contributed by atoms with Gasteiger partial charge in [-0.15, -0.1) is 0 Å². The molecule has 0 atom stereocenters. The minimum Gasteiger partial charge on any atom is -0.506 e. The molecule has 0 saturated heterocycles. The number of carbonyl (C=O) groups is 2. The van der Waals surface area contributed by atoms with Crippen LogP contribution in [0.25, 0.3) is 0 Å². The van der Waals surface area contributed by atoms with Crippen LogP contribution in [0.2, 0.25) is 0 Å². The lowest BCUT2D eigenvalue weighted by Gasteiger charge is -2.09. The van der Waals surface area contributed by atoms with Crippen LogP contribution >= 0.6 is 0 Å². The molecule has 0 spiro atoms. The van der Waals surface area contributed by atoms with Crippen LogP contribution in [0.5, 0.6) is 23.0 Å². The zero-order chi connectivity index (χ0) is 16.4. The minimum absolute atomic E-state index is 0.149. The Labute approximate surface area is 123 Å². The van der Waals surface area contributed by atoms with Crippen molar-refractivity contribution in [2.45, 2.75) is 0 Å². The molecule has 0 fully saturated rings. The van der Waals surface area contributed by atoms with Crippen LogP contribution < -0.4 is 5.32 Å². The number of phenols is 4. The Morgan fingerprint density at radius 2 is 1.41 bits per heavy atom. The Balaban J connectivity index is 2.33. The van der Waals surface area contributed by atoms with Crippen LogP contribution in [0.15, 0.2) is 30.3 Å². The second-order valence-corrected chi connectivity index (χ2v) is 4.35. The van der Waals surface area contributed by atoms with Crippen molar-refractivity contribution < 1.29 is 35.1 Å². The smallest absolute Gasteiger partial charge is 0.335 e. The van der Waals surface area contributed by atoms with Crippen molar-refractivity contribution in [3.63, 3.8) is 0 Å². The number of amides is 1. The molecule has 1 amide bonds. The second kappa shape index (κ2) is 5.52. The van der Waals surface area contributed by atoms with Gasteiger partial charge in [-0.3, -0.25) is 4.79 Å². The number of carboxylic acid groups (broad SMARTS) is 1. The third kappa shape index (κ3) is 2.85. The van der Waals surface area contributed by atoms with Crippen LogP contribution in [-0.4, -0.2) is 37.4 Å². The van der Waals surface area contributed by atoms with E-state index in [0.29, 0.717) is 0 Å².